The number of benzene rings is 2. The number of rotatable bonds is 8. The zero-order valence-corrected chi connectivity index (χ0v) is 17.4. The summed E-state index contributed by atoms with van der Waals surface area (Å²) in [6, 6.07) is 10.3. The number of halogens is 1. The Bertz CT molecular complexity index is 918. The second kappa shape index (κ2) is 10.0. The first kappa shape index (κ1) is 23.4. The van der Waals surface area contributed by atoms with Crippen molar-refractivity contribution in [1.29, 1.82) is 0 Å². The summed E-state index contributed by atoms with van der Waals surface area (Å²) in [6.45, 7) is 0.409. The second-order valence-electron chi connectivity index (χ2n) is 5.88. The van der Waals surface area contributed by atoms with Crippen LogP contribution < -0.4 is 25.2 Å². The number of amides is 1. The summed E-state index contributed by atoms with van der Waals surface area (Å²) in [6.07, 6.45) is 1.64. The molecule has 0 bridgehead atoms. The quantitative estimate of drug-likeness (QED) is 0.552. The van der Waals surface area contributed by atoms with Gasteiger partial charge in [-0.2, -0.15) is 0 Å². The summed E-state index contributed by atoms with van der Waals surface area (Å²) in [5, 5.41) is 2.80. The van der Waals surface area contributed by atoms with Crippen molar-refractivity contribution in [2.75, 3.05) is 37.5 Å². The number of carbonyl (C=O) groups is 1. The third kappa shape index (κ3) is 6.50. The number of carbonyl (C=O) groups excluding carboxylic acids is 1. The van der Waals surface area contributed by atoms with Crippen molar-refractivity contribution >= 4 is 39.7 Å². The Labute approximate surface area is 170 Å². The van der Waals surface area contributed by atoms with Gasteiger partial charge in [0.1, 0.15) is 0 Å². The summed E-state index contributed by atoms with van der Waals surface area (Å²) in [4.78, 5) is 12.5. The van der Waals surface area contributed by atoms with E-state index in [1.54, 1.807) is 12.1 Å². The van der Waals surface area contributed by atoms with E-state index in [1.165, 1.54) is 26.4 Å². The molecule has 0 fully saturated rings. The molecule has 0 aliphatic carbocycles. The molecule has 0 saturated carbocycles. The molecular weight excluding hydrogens is 406 g/mol. The molecule has 0 heterocycles. The number of hydrogen-bond donors (Lipinski definition) is 3. The molecule has 1 amide bonds. The first-order valence-electron chi connectivity index (χ1n) is 8.10. The first-order chi connectivity index (χ1) is 12.7. The maximum atomic E-state index is 12.5. The molecular formula is C18H24ClN3O5S. The van der Waals surface area contributed by atoms with Crippen molar-refractivity contribution in [3.63, 3.8) is 0 Å². The Hall–Kier alpha value is -2.65. The maximum Gasteiger partial charge on any atom is 0.251 e. The average molecular weight is 430 g/mol. The van der Waals surface area contributed by atoms with Gasteiger partial charge in [-0.15, -0.1) is 12.4 Å². The van der Waals surface area contributed by atoms with E-state index in [0.29, 0.717) is 18.7 Å². The van der Waals surface area contributed by atoms with Gasteiger partial charge in [-0.3, -0.25) is 9.52 Å². The van der Waals surface area contributed by atoms with Crippen LogP contribution in [-0.2, 0) is 16.4 Å². The molecule has 2 aromatic carbocycles. The number of sulfonamides is 1. The van der Waals surface area contributed by atoms with Gasteiger partial charge in [0.05, 0.1) is 26.2 Å². The summed E-state index contributed by atoms with van der Waals surface area (Å²) < 4.78 is 35.9. The van der Waals surface area contributed by atoms with E-state index < -0.39 is 10.0 Å². The Kier molecular flexibility index (Phi) is 8.39. The predicted octanol–water partition coefficient (Wildman–Crippen LogP) is 2.05. The molecule has 0 aliphatic rings. The predicted molar refractivity (Wildman–Crippen MR) is 112 cm³/mol. The van der Waals surface area contributed by atoms with Crippen LogP contribution in [0.3, 0.4) is 0 Å². The molecule has 2 rings (SSSR count). The smallest absolute Gasteiger partial charge is 0.251 e. The minimum Gasteiger partial charge on any atom is -0.493 e. The normalized spacial score (nSPS) is 10.5. The van der Waals surface area contributed by atoms with Crippen LogP contribution in [0.15, 0.2) is 36.4 Å². The number of nitrogens with two attached hydrogens (primary N) is 1. The van der Waals surface area contributed by atoms with Gasteiger partial charge in [-0.05, 0) is 36.2 Å². The Morgan fingerprint density at radius 3 is 2.29 bits per heavy atom. The van der Waals surface area contributed by atoms with Gasteiger partial charge in [-0.1, -0.05) is 12.1 Å². The standard InChI is InChI=1S/C18H23N3O5S.ClH/c1-25-16-11-13(10-15(17(16)26-2)21-27(3,23)24)18(22)20-9-8-12-4-6-14(19)7-5-12;/h4-7,10-11,21H,8-9,19H2,1-3H3,(H,20,22);1H. The molecule has 0 aromatic heterocycles. The monoisotopic (exact) mass is 429 g/mol. The van der Waals surface area contributed by atoms with Gasteiger partial charge in [0, 0.05) is 17.8 Å². The van der Waals surface area contributed by atoms with E-state index in [4.69, 9.17) is 15.2 Å². The minimum absolute atomic E-state index is 0. The SMILES string of the molecule is COc1cc(C(=O)NCCc2ccc(N)cc2)cc(NS(C)(=O)=O)c1OC.Cl. The number of nitrogens with one attached hydrogen (secondary N) is 2. The summed E-state index contributed by atoms with van der Waals surface area (Å²) in [5.41, 5.74) is 7.74. The minimum atomic E-state index is -3.56. The zero-order valence-electron chi connectivity index (χ0n) is 15.8. The van der Waals surface area contributed by atoms with Crippen LogP contribution in [0.4, 0.5) is 11.4 Å². The van der Waals surface area contributed by atoms with Crippen LogP contribution in [0.2, 0.25) is 0 Å². The highest BCUT2D eigenvalue weighted by molar-refractivity contribution is 7.92. The molecule has 8 nitrogen and oxygen atoms in total. The summed E-state index contributed by atoms with van der Waals surface area (Å²) in [5.74, 6) is 0.0825. The molecule has 2 aromatic rings. The number of ether oxygens (including phenoxy) is 2. The summed E-state index contributed by atoms with van der Waals surface area (Å²) >= 11 is 0. The van der Waals surface area contributed by atoms with Gasteiger partial charge >= 0.3 is 0 Å². The molecule has 10 heteroatoms. The topological polar surface area (TPSA) is 120 Å². The highest BCUT2D eigenvalue weighted by Gasteiger charge is 2.18. The van der Waals surface area contributed by atoms with Gasteiger partial charge in [0.25, 0.3) is 5.91 Å². The molecule has 0 spiro atoms. The fourth-order valence-corrected chi connectivity index (χ4v) is 3.03. The molecule has 0 aliphatic heterocycles. The Morgan fingerprint density at radius 1 is 1.11 bits per heavy atom. The zero-order chi connectivity index (χ0) is 20.0. The molecule has 4 N–H and O–H groups in total. The van der Waals surface area contributed by atoms with Gasteiger partial charge < -0.3 is 20.5 Å². The molecule has 28 heavy (non-hydrogen) atoms. The fraction of sp³-hybridized carbons (Fsp3) is 0.278. The summed E-state index contributed by atoms with van der Waals surface area (Å²) in [7, 11) is -0.767. The average Bonchev–Trinajstić information content (AvgIpc) is 2.61. The van der Waals surface area contributed by atoms with Crippen molar-refractivity contribution < 1.29 is 22.7 Å². The third-order valence-electron chi connectivity index (χ3n) is 3.72. The van der Waals surface area contributed by atoms with Crippen molar-refractivity contribution in [3.05, 3.63) is 47.5 Å². The maximum absolute atomic E-state index is 12.5. The lowest BCUT2D eigenvalue weighted by Gasteiger charge is -2.15. The van der Waals surface area contributed by atoms with Crippen LogP contribution in [0.1, 0.15) is 15.9 Å². The Morgan fingerprint density at radius 2 is 1.75 bits per heavy atom. The second-order valence-corrected chi connectivity index (χ2v) is 7.63. The van der Waals surface area contributed by atoms with E-state index in [9.17, 15) is 13.2 Å². The third-order valence-corrected chi connectivity index (χ3v) is 4.31. The van der Waals surface area contributed by atoms with Crippen molar-refractivity contribution in [1.82, 2.24) is 5.32 Å². The van der Waals surface area contributed by atoms with E-state index in [2.05, 4.69) is 10.0 Å². The van der Waals surface area contributed by atoms with Gasteiger partial charge in [0.15, 0.2) is 11.5 Å². The Balaban J connectivity index is 0.00000392. The van der Waals surface area contributed by atoms with Crippen LogP contribution in [-0.4, -0.2) is 41.3 Å². The number of anilines is 2. The fourth-order valence-electron chi connectivity index (χ4n) is 2.48. The molecule has 0 unspecified atom stereocenters. The lowest BCUT2D eigenvalue weighted by molar-refractivity contribution is 0.0953. The highest BCUT2D eigenvalue weighted by Crippen LogP contribution is 2.37. The van der Waals surface area contributed by atoms with Gasteiger partial charge in [0.2, 0.25) is 10.0 Å². The van der Waals surface area contributed by atoms with Crippen molar-refractivity contribution in [2.24, 2.45) is 0 Å². The van der Waals surface area contributed by atoms with Crippen LogP contribution >= 0.6 is 12.4 Å². The van der Waals surface area contributed by atoms with E-state index >= 15 is 0 Å². The van der Waals surface area contributed by atoms with E-state index in [0.717, 1.165) is 11.8 Å². The lowest BCUT2D eigenvalue weighted by Crippen LogP contribution is -2.26. The van der Waals surface area contributed by atoms with E-state index in [-0.39, 0.29) is 41.1 Å². The largest absolute Gasteiger partial charge is 0.493 e. The van der Waals surface area contributed by atoms with Crippen LogP contribution in [0, 0.1) is 0 Å². The molecule has 0 saturated heterocycles. The molecule has 154 valence electrons. The number of methoxy groups -OCH3 is 2. The first-order valence-corrected chi connectivity index (χ1v) is 9.99. The van der Waals surface area contributed by atoms with E-state index in [1.807, 2.05) is 12.1 Å². The number of nitrogen functional groups attached to an aromatic ring is 1. The van der Waals surface area contributed by atoms with Crippen molar-refractivity contribution in [3.8, 4) is 11.5 Å². The number of hydrogen-bond acceptors (Lipinski definition) is 6. The van der Waals surface area contributed by atoms with Gasteiger partial charge in [-0.25, -0.2) is 8.42 Å². The van der Waals surface area contributed by atoms with Crippen LogP contribution in [0.25, 0.3) is 0 Å². The lowest BCUT2D eigenvalue weighted by atomic mass is 10.1. The highest BCUT2D eigenvalue weighted by atomic mass is 35.5. The molecule has 0 atom stereocenters. The van der Waals surface area contributed by atoms with Crippen LogP contribution in [0.5, 0.6) is 11.5 Å². The van der Waals surface area contributed by atoms with Crippen molar-refractivity contribution in [2.45, 2.75) is 6.42 Å². The molecule has 0 radical (unpaired) electrons.